The van der Waals surface area contributed by atoms with Gasteiger partial charge in [0.25, 0.3) is 0 Å². The predicted molar refractivity (Wildman–Crippen MR) is 39.1 cm³/mol. The lowest BCUT2D eigenvalue weighted by molar-refractivity contribution is 0.265. The quantitative estimate of drug-likeness (QED) is 0.683. The first-order chi connectivity index (χ1) is 5.36. The minimum Gasteiger partial charge on any atom is -0.478 e. The van der Waals surface area contributed by atoms with Crippen molar-refractivity contribution in [1.29, 1.82) is 0 Å². The molecule has 0 saturated carbocycles. The summed E-state index contributed by atoms with van der Waals surface area (Å²) in [4.78, 5) is 7.70. The Bertz CT molecular complexity index is 227. The zero-order valence-electron chi connectivity index (χ0n) is 6.32. The van der Waals surface area contributed by atoms with Gasteiger partial charge < -0.3 is 9.84 Å². The van der Waals surface area contributed by atoms with E-state index in [2.05, 4.69) is 9.97 Å². The van der Waals surface area contributed by atoms with Crippen LogP contribution in [0.1, 0.15) is 12.7 Å². The minimum atomic E-state index is -0.152. The number of aliphatic hydroxyl groups is 1. The number of hydrogen-bond acceptors (Lipinski definition) is 4. The van der Waals surface area contributed by atoms with Gasteiger partial charge in [0, 0.05) is 12.3 Å². The Labute approximate surface area is 64.9 Å². The normalized spacial score (nSPS) is 9.64. The number of rotatable bonds is 3. The Hall–Kier alpha value is -1.16. The van der Waals surface area contributed by atoms with Crippen LogP contribution in [0.2, 0.25) is 0 Å². The molecule has 1 N–H and O–H groups in total. The Kier molecular flexibility index (Phi) is 2.80. The van der Waals surface area contributed by atoms with Crippen LogP contribution < -0.4 is 4.74 Å². The van der Waals surface area contributed by atoms with Crippen molar-refractivity contribution in [3.63, 3.8) is 0 Å². The third-order valence-electron chi connectivity index (χ3n) is 1.11. The summed E-state index contributed by atoms with van der Waals surface area (Å²) >= 11 is 0. The standard InChI is InChI=1S/C7H10N2O2/c1-2-11-7-3-4-8-6(5-10)9-7/h3-4,10H,2,5H2,1H3. The van der Waals surface area contributed by atoms with E-state index in [0.29, 0.717) is 18.3 Å². The molecular weight excluding hydrogens is 144 g/mol. The van der Waals surface area contributed by atoms with Gasteiger partial charge in [-0.2, -0.15) is 4.98 Å². The summed E-state index contributed by atoms with van der Waals surface area (Å²) in [6.45, 7) is 2.30. The monoisotopic (exact) mass is 154 g/mol. The number of aliphatic hydroxyl groups excluding tert-OH is 1. The maximum atomic E-state index is 8.65. The summed E-state index contributed by atoms with van der Waals surface area (Å²) in [5, 5.41) is 8.65. The molecule has 0 aliphatic rings. The van der Waals surface area contributed by atoms with E-state index in [1.165, 1.54) is 0 Å². The first kappa shape index (κ1) is 7.94. The lowest BCUT2D eigenvalue weighted by Crippen LogP contribution is -1.99. The van der Waals surface area contributed by atoms with Gasteiger partial charge in [0.1, 0.15) is 6.61 Å². The molecule has 0 aliphatic carbocycles. The van der Waals surface area contributed by atoms with E-state index >= 15 is 0 Å². The molecule has 0 fully saturated rings. The number of ether oxygens (including phenoxy) is 1. The molecule has 0 aliphatic heterocycles. The Morgan fingerprint density at radius 1 is 1.64 bits per heavy atom. The third-order valence-corrected chi connectivity index (χ3v) is 1.11. The Morgan fingerprint density at radius 3 is 3.09 bits per heavy atom. The molecule has 4 heteroatoms. The highest BCUT2D eigenvalue weighted by Gasteiger charge is 1.96. The molecule has 0 atom stereocenters. The summed E-state index contributed by atoms with van der Waals surface area (Å²) in [6.07, 6.45) is 1.56. The van der Waals surface area contributed by atoms with Crippen LogP contribution in [0.3, 0.4) is 0 Å². The summed E-state index contributed by atoms with van der Waals surface area (Å²) < 4.78 is 5.09. The van der Waals surface area contributed by atoms with Crippen LogP contribution in [0.25, 0.3) is 0 Å². The van der Waals surface area contributed by atoms with Gasteiger partial charge in [-0.05, 0) is 6.92 Å². The molecule has 0 unspecified atom stereocenters. The van der Waals surface area contributed by atoms with Crippen molar-refractivity contribution in [3.05, 3.63) is 18.1 Å². The zero-order chi connectivity index (χ0) is 8.10. The first-order valence-corrected chi connectivity index (χ1v) is 3.42. The average Bonchev–Trinajstić information content (AvgIpc) is 2.06. The predicted octanol–water partition coefficient (Wildman–Crippen LogP) is 0.368. The van der Waals surface area contributed by atoms with Crippen molar-refractivity contribution in [3.8, 4) is 5.88 Å². The van der Waals surface area contributed by atoms with Crippen molar-refractivity contribution < 1.29 is 9.84 Å². The van der Waals surface area contributed by atoms with E-state index in [1.54, 1.807) is 12.3 Å². The first-order valence-electron chi connectivity index (χ1n) is 3.42. The molecule has 1 rings (SSSR count). The third kappa shape index (κ3) is 2.16. The van der Waals surface area contributed by atoms with Crippen molar-refractivity contribution in [2.24, 2.45) is 0 Å². The van der Waals surface area contributed by atoms with E-state index in [0.717, 1.165) is 0 Å². The molecule has 0 amide bonds. The molecule has 1 heterocycles. The number of aromatic nitrogens is 2. The molecule has 1 aromatic rings. The molecule has 11 heavy (non-hydrogen) atoms. The van der Waals surface area contributed by atoms with E-state index in [4.69, 9.17) is 9.84 Å². The fourth-order valence-electron chi connectivity index (χ4n) is 0.685. The Morgan fingerprint density at radius 2 is 2.45 bits per heavy atom. The molecular formula is C7H10N2O2. The number of hydrogen-bond donors (Lipinski definition) is 1. The van der Waals surface area contributed by atoms with Gasteiger partial charge in [0.15, 0.2) is 5.82 Å². The van der Waals surface area contributed by atoms with Crippen LogP contribution >= 0.6 is 0 Å². The van der Waals surface area contributed by atoms with Crippen molar-refractivity contribution >= 4 is 0 Å². The molecule has 0 saturated heterocycles. The fraction of sp³-hybridized carbons (Fsp3) is 0.429. The van der Waals surface area contributed by atoms with Crippen molar-refractivity contribution in [2.75, 3.05) is 6.61 Å². The highest BCUT2D eigenvalue weighted by molar-refractivity contribution is 5.07. The van der Waals surface area contributed by atoms with E-state index in [1.807, 2.05) is 6.92 Å². The second-order valence-corrected chi connectivity index (χ2v) is 1.90. The topological polar surface area (TPSA) is 55.2 Å². The Balaban J connectivity index is 2.74. The van der Waals surface area contributed by atoms with Crippen LogP contribution in [0.15, 0.2) is 12.3 Å². The highest BCUT2D eigenvalue weighted by Crippen LogP contribution is 2.03. The minimum absolute atomic E-state index is 0.152. The van der Waals surface area contributed by atoms with E-state index in [-0.39, 0.29) is 6.61 Å². The summed E-state index contributed by atoms with van der Waals surface area (Å²) in [6, 6.07) is 1.66. The smallest absolute Gasteiger partial charge is 0.216 e. The van der Waals surface area contributed by atoms with Crippen LogP contribution in [0, 0.1) is 0 Å². The fourth-order valence-corrected chi connectivity index (χ4v) is 0.685. The summed E-state index contributed by atoms with van der Waals surface area (Å²) in [5.41, 5.74) is 0. The molecule has 60 valence electrons. The number of nitrogens with zero attached hydrogens (tertiary/aromatic N) is 2. The van der Waals surface area contributed by atoms with Crippen LogP contribution in [0.5, 0.6) is 5.88 Å². The molecule has 1 aromatic heterocycles. The lowest BCUT2D eigenvalue weighted by atomic mass is 10.5. The van der Waals surface area contributed by atoms with Crippen LogP contribution in [-0.2, 0) is 6.61 Å². The van der Waals surface area contributed by atoms with Gasteiger partial charge in [-0.1, -0.05) is 0 Å². The maximum Gasteiger partial charge on any atom is 0.216 e. The summed E-state index contributed by atoms with van der Waals surface area (Å²) in [5.74, 6) is 0.891. The zero-order valence-corrected chi connectivity index (χ0v) is 6.32. The van der Waals surface area contributed by atoms with E-state index in [9.17, 15) is 0 Å². The van der Waals surface area contributed by atoms with Gasteiger partial charge in [0.05, 0.1) is 6.61 Å². The molecule has 0 spiro atoms. The second kappa shape index (κ2) is 3.88. The molecule has 0 bridgehead atoms. The van der Waals surface area contributed by atoms with Crippen LogP contribution in [-0.4, -0.2) is 21.7 Å². The van der Waals surface area contributed by atoms with Gasteiger partial charge in [0.2, 0.25) is 5.88 Å². The molecule has 4 nitrogen and oxygen atoms in total. The van der Waals surface area contributed by atoms with Crippen molar-refractivity contribution in [2.45, 2.75) is 13.5 Å². The summed E-state index contributed by atoms with van der Waals surface area (Å²) in [7, 11) is 0. The van der Waals surface area contributed by atoms with Gasteiger partial charge >= 0.3 is 0 Å². The SMILES string of the molecule is CCOc1ccnc(CO)n1. The van der Waals surface area contributed by atoms with Gasteiger partial charge in [-0.25, -0.2) is 4.98 Å². The highest BCUT2D eigenvalue weighted by atomic mass is 16.5. The average molecular weight is 154 g/mol. The maximum absolute atomic E-state index is 8.65. The van der Waals surface area contributed by atoms with Crippen LogP contribution in [0.4, 0.5) is 0 Å². The van der Waals surface area contributed by atoms with Gasteiger partial charge in [-0.15, -0.1) is 0 Å². The molecule has 0 radical (unpaired) electrons. The van der Waals surface area contributed by atoms with Gasteiger partial charge in [-0.3, -0.25) is 0 Å². The van der Waals surface area contributed by atoms with Crippen molar-refractivity contribution in [1.82, 2.24) is 9.97 Å². The second-order valence-electron chi connectivity index (χ2n) is 1.90. The lowest BCUT2D eigenvalue weighted by Gasteiger charge is -2.01. The molecule has 0 aromatic carbocycles. The van der Waals surface area contributed by atoms with E-state index < -0.39 is 0 Å². The largest absolute Gasteiger partial charge is 0.478 e.